The average Bonchev–Trinajstić information content (AvgIpc) is 3.35. The van der Waals surface area contributed by atoms with Crippen molar-refractivity contribution in [1.29, 1.82) is 0 Å². The van der Waals surface area contributed by atoms with Gasteiger partial charge in [-0.05, 0) is 99.2 Å². The SMILES string of the molecule is CC[C@@H]1OC(=O)[C@H](C)[C@@H](O[C@H]2C[C@@](C)(OC)[C@@H](OC(C)=O)[C@H](C)O2)[C@H](C)[C@@H](O[C@@H]2O[C@H](C)C[C@H](N(C)C)[C@H]2OC(=O)NNCc2ccccc2)C(C)(O)C[C@@H](C)/C(=N\OCCCC2CCCCC2)[C@@H](C)[C@@H](O)[C@]1(C)O. The van der Waals surface area contributed by atoms with Crippen LogP contribution < -0.4 is 10.9 Å². The molecule has 19 heteroatoms. The van der Waals surface area contributed by atoms with E-state index in [4.69, 9.17) is 47.9 Å². The largest absolute Gasteiger partial charge is 0.459 e. The lowest BCUT2D eigenvalue weighted by Gasteiger charge is -2.49. The summed E-state index contributed by atoms with van der Waals surface area (Å²) in [4.78, 5) is 48.8. The fourth-order valence-corrected chi connectivity index (χ4v) is 12.1. The molecule has 1 aromatic carbocycles. The quantitative estimate of drug-likeness (QED) is 0.0459. The maximum absolute atomic E-state index is 14.8. The number of benzene rings is 1. The van der Waals surface area contributed by atoms with Gasteiger partial charge in [-0.2, -0.15) is 0 Å². The number of oxime groups is 1. The molecular weight excluding hydrogens is 969 g/mol. The Bertz CT molecular complexity index is 1970. The number of amides is 1. The molecule has 3 heterocycles. The Kier molecular flexibility index (Phi) is 23.2. The van der Waals surface area contributed by atoms with E-state index < -0.39 is 126 Å². The van der Waals surface area contributed by atoms with Crippen molar-refractivity contribution in [3.05, 3.63) is 35.9 Å². The number of aliphatic hydroxyl groups excluding tert-OH is 1. The minimum Gasteiger partial charge on any atom is -0.459 e. The van der Waals surface area contributed by atoms with Crippen LogP contribution in [0.15, 0.2) is 35.5 Å². The first-order valence-corrected chi connectivity index (χ1v) is 27.6. The predicted octanol–water partition coefficient (Wildman–Crippen LogP) is 6.96. The number of hydrazine groups is 1. The lowest BCUT2D eigenvalue weighted by Crippen LogP contribution is -2.62. The first kappa shape index (κ1) is 62.3. The number of aliphatic hydroxyl groups is 3. The molecule has 3 saturated heterocycles. The smallest absolute Gasteiger partial charge is 0.422 e. The fraction of sp³-hybridized carbons (Fsp3) is 0.821. The molecule has 4 fully saturated rings. The van der Waals surface area contributed by atoms with E-state index >= 15 is 0 Å². The van der Waals surface area contributed by atoms with Crippen LogP contribution in [0.4, 0.5) is 4.79 Å². The topological polar surface area (TPSA) is 235 Å². The number of cyclic esters (lactones) is 1. The molecule has 18 atom stereocenters. The molecule has 428 valence electrons. The summed E-state index contributed by atoms with van der Waals surface area (Å²) < 4.78 is 51.3. The van der Waals surface area contributed by atoms with Gasteiger partial charge in [0.1, 0.15) is 23.9 Å². The van der Waals surface area contributed by atoms with Crippen LogP contribution in [0.5, 0.6) is 0 Å². The second kappa shape index (κ2) is 27.9. The van der Waals surface area contributed by atoms with Crippen molar-refractivity contribution in [2.75, 3.05) is 27.8 Å². The first-order chi connectivity index (χ1) is 35.3. The monoisotopic (exact) mass is 1060 g/mol. The second-order valence-electron chi connectivity index (χ2n) is 23.0. The third-order valence-corrected chi connectivity index (χ3v) is 16.4. The Hall–Kier alpha value is -3.50. The van der Waals surface area contributed by atoms with Gasteiger partial charge in [-0.15, -0.1) is 0 Å². The molecule has 5 N–H and O–H groups in total. The normalized spacial score (nSPS) is 39.3. The third-order valence-electron chi connectivity index (χ3n) is 16.4. The summed E-state index contributed by atoms with van der Waals surface area (Å²) >= 11 is 0. The van der Waals surface area contributed by atoms with Gasteiger partial charge in [0, 0.05) is 44.8 Å². The number of carbonyl (C=O) groups is 3. The number of nitrogens with zero attached hydrogens (tertiary/aromatic N) is 2. The minimum atomic E-state index is -1.98. The van der Waals surface area contributed by atoms with E-state index in [2.05, 4.69) is 10.9 Å². The molecule has 19 nitrogen and oxygen atoms in total. The van der Waals surface area contributed by atoms with Crippen LogP contribution in [0.25, 0.3) is 0 Å². The second-order valence-corrected chi connectivity index (χ2v) is 23.0. The Balaban J connectivity index is 1.59. The van der Waals surface area contributed by atoms with E-state index in [1.807, 2.05) is 63.2 Å². The molecule has 0 aromatic heterocycles. The number of ether oxygens (including phenoxy) is 8. The third kappa shape index (κ3) is 16.5. The van der Waals surface area contributed by atoms with E-state index in [0.29, 0.717) is 31.2 Å². The van der Waals surface area contributed by atoms with Crippen LogP contribution in [-0.4, -0.2) is 156 Å². The van der Waals surface area contributed by atoms with Gasteiger partial charge >= 0.3 is 18.0 Å². The maximum atomic E-state index is 14.8. The average molecular weight is 1060 g/mol. The van der Waals surface area contributed by atoms with Gasteiger partial charge in [-0.1, -0.05) is 95.3 Å². The summed E-state index contributed by atoms with van der Waals surface area (Å²) in [7, 11) is 5.26. The number of carbonyl (C=O) groups excluding carboxylic acids is 3. The van der Waals surface area contributed by atoms with Crippen LogP contribution >= 0.6 is 0 Å². The highest BCUT2D eigenvalue weighted by atomic mass is 16.7. The van der Waals surface area contributed by atoms with Crippen LogP contribution in [0.3, 0.4) is 0 Å². The predicted molar refractivity (Wildman–Crippen MR) is 281 cm³/mol. The van der Waals surface area contributed by atoms with Crippen LogP contribution in [-0.2, 0) is 58.9 Å². The zero-order chi connectivity index (χ0) is 55.4. The van der Waals surface area contributed by atoms with Crippen molar-refractivity contribution >= 4 is 23.7 Å². The first-order valence-electron chi connectivity index (χ1n) is 27.6. The molecule has 5 rings (SSSR count). The van der Waals surface area contributed by atoms with E-state index in [1.165, 1.54) is 53.1 Å². The van der Waals surface area contributed by atoms with Gasteiger partial charge in [0.25, 0.3) is 0 Å². The molecule has 3 aliphatic heterocycles. The molecule has 1 saturated carbocycles. The zero-order valence-electron chi connectivity index (χ0n) is 47.5. The summed E-state index contributed by atoms with van der Waals surface area (Å²) in [6.45, 7) is 19.3. The van der Waals surface area contributed by atoms with Gasteiger partial charge in [0.2, 0.25) is 0 Å². The molecule has 4 aliphatic rings. The maximum Gasteiger partial charge on any atom is 0.422 e. The van der Waals surface area contributed by atoms with Crippen molar-refractivity contribution in [2.24, 2.45) is 34.7 Å². The van der Waals surface area contributed by atoms with E-state index in [9.17, 15) is 29.7 Å². The van der Waals surface area contributed by atoms with Gasteiger partial charge < -0.3 is 63.0 Å². The molecule has 75 heavy (non-hydrogen) atoms. The van der Waals surface area contributed by atoms with Crippen LogP contribution in [0, 0.1) is 29.6 Å². The number of hydrogen-bond donors (Lipinski definition) is 5. The van der Waals surface area contributed by atoms with Crippen molar-refractivity contribution in [3.8, 4) is 0 Å². The standard InChI is InChI=1S/C56H94N4O15/c1-15-43-56(11,66)48(62)35(4)45(59-68-28-22-27-40-23-18-16-19-24-40)33(2)30-54(9,65)49(36(5)46(37(6)51(63)72-43)73-44-31-55(10,67-14)50(38(7)70-44)71-39(8)61)75-52-47(42(60(12)13)29-34(3)69-52)74-53(64)58-57-32-41-25-20-17-21-26-41/h17,20-21,25-26,33-38,40,42-44,46-50,52,57,62,65-66H,15-16,18-19,22-24,27-32H2,1-14H3,(H,58,64)/b59-45+/t33-,34-,35-,36+,37-,38+,42+,43+,44+,46+,47-,48-,49-,50+,52+,54?,55-,56-/m1/s1. The Labute approximate surface area is 446 Å². The van der Waals surface area contributed by atoms with E-state index in [-0.39, 0.29) is 19.3 Å². The van der Waals surface area contributed by atoms with Crippen molar-refractivity contribution in [2.45, 2.75) is 238 Å². The molecule has 0 spiro atoms. The van der Waals surface area contributed by atoms with Gasteiger partial charge in [-0.25, -0.2) is 10.2 Å². The van der Waals surface area contributed by atoms with Crippen molar-refractivity contribution in [3.63, 3.8) is 0 Å². The highest BCUT2D eigenvalue weighted by Gasteiger charge is 2.55. The van der Waals surface area contributed by atoms with E-state index in [0.717, 1.165) is 18.4 Å². The molecule has 1 amide bonds. The van der Waals surface area contributed by atoms with Crippen LogP contribution in [0.2, 0.25) is 0 Å². The lowest BCUT2D eigenvalue weighted by molar-refractivity contribution is -0.318. The molecule has 1 unspecified atom stereocenters. The lowest BCUT2D eigenvalue weighted by atomic mass is 9.73. The van der Waals surface area contributed by atoms with Gasteiger partial charge in [0.15, 0.2) is 24.8 Å². The summed E-state index contributed by atoms with van der Waals surface area (Å²) in [6.07, 6.45) is -2.64. The number of esters is 2. The number of methoxy groups -OCH3 is 1. The van der Waals surface area contributed by atoms with Gasteiger partial charge in [0.05, 0.1) is 53.8 Å². The number of likely N-dealkylation sites (N-methyl/N-ethyl adjacent to an activating group) is 1. The summed E-state index contributed by atoms with van der Waals surface area (Å²) in [5.74, 6) is -4.14. The molecule has 1 aliphatic carbocycles. The Morgan fingerprint density at radius 3 is 2.20 bits per heavy atom. The number of rotatable bonds is 17. The summed E-state index contributed by atoms with van der Waals surface area (Å²) in [6, 6.07) is 9.14. The van der Waals surface area contributed by atoms with Crippen molar-refractivity contribution in [1.82, 2.24) is 15.8 Å². The van der Waals surface area contributed by atoms with Crippen LogP contribution in [0.1, 0.15) is 152 Å². The van der Waals surface area contributed by atoms with E-state index in [1.54, 1.807) is 48.5 Å². The number of hydrogen-bond acceptors (Lipinski definition) is 18. The van der Waals surface area contributed by atoms with Gasteiger partial charge in [-0.3, -0.25) is 15.0 Å². The summed E-state index contributed by atoms with van der Waals surface area (Å²) in [5.41, 5.74) is 1.99. The number of nitrogens with one attached hydrogen (secondary N) is 2. The molecule has 0 radical (unpaired) electrons. The summed E-state index contributed by atoms with van der Waals surface area (Å²) in [5, 5.41) is 42.5. The Morgan fingerprint density at radius 2 is 1.57 bits per heavy atom. The molecule has 0 bridgehead atoms. The molecular formula is C56H94N4O15. The Morgan fingerprint density at radius 1 is 0.893 bits per heavy atom. The highest BCUT2D eigenvalue weighted by Crippen LogP contribution is 2.42. The highest BCUT2D eigenvalue weighted by molar-refractivity contribution is 5.88. The molecule has 1 aromatic rings. The minimum absolute atomic E-state index is 0.0359. The van der Waals surface area contributed by atoms with Crippen molar-refractivity contribution < 1.29 is 72.4 Å². The fourth-order valence-electron chi connectivity index (χ4n) is 12.1. The zero-order valence-corrected chi connectivity index (χ0v) is 47.5.